The normalized spacial score (nSPS) is 14.3. The number of nitrogens with zero attached hydrogens (tertiary/aromatic N) is 2. The quantitative estimate of drug-likeness (QED) is 0.147. The molecule has 194 valence electrons. The molecule has 14 heteroatoms. The molecular weight excluding hydrogens is 567 g/mol. The van der Waals surface area contributed by atoms with E-state index in [4.69, 9.17) is 11.6 Å². The molecule has 3 aromatic carbocycles. The van der Waals surface area contributed by atoms with Gasteiger partial charge in [-0.05, 0) is 65.9 Å². The maximum Gasteiger partial charge on any atom is 0.294 e. The van der Waals surface area contributed by atoms with Gasteiger partial charge < -0.3 is 5.32 Å². The molecule has 1 saturated heterocycles. The Morgan fingerprint density at radius 1 is 1.08 bits per heavy atom. The Morgan fingerprint density at radius 2 is 1.79 bits per heavy atom. The fraction of sp³-hybridized carbons (Fsp3) is 0.0417. The van der Waals surface area contributed by atoms with E-state index >= 15 is 0 Å². The van der Waals surface area contributed by atoms with Crippen LogP contribution < -0.4 is 5.32 Å². The first-order valence-electron chi connectivity index (χ1n) is 10.4. The molecule has 3 amide bonds. The van der Waals surface area contributed by atoms with E-state index in [0.29, 0.717) is 37.5 Å². The molecule has 1 aliphatic rings. The van der Waals surface area contributed by atoms with Crippen molar-refractivity contribution in [2.24, 2.45) is 0 Å². The standard InChI is InChI=1S/C24H13ClF3N3O5S2/c25-13-2-4-14(5-3-13)37-18-8-1-12(9-17(18)31(35)36)10-19-23(33)30(24(34)38-19)11-20(32)29-16-7-6-15(26)21(27)22(16)28/h1-10H,11H2,(H,29,32)/b19-10-. The third kappa shape index (κ3) is 6.01. The molecule has 4 rings (SSSR count). The van der Waals surface area contributed by atoms with Gasteiger partial charge in [0.2, 0.25) is 5.91 Å². The molecule has 8 nitrogen and oxygen atoms in total. The lowest BCUT2D eigenvalue weighted by molar-refractivity contribution is -0.387. The number of imide groups is 1. The minimum absolute atomic E-state index is 0.103. The number of hydrogen-bond acceptors (Lipinski definition) is 7. The Kier molecular flexibility index (Phi) is 8.09. The van der Waals surface area contributed by atoms with Crippen molar-refractivity contribution in [1.82, 2.24) is 4.90 Å². The summed E-state index contributed by atoms with van der Waals surface area (Å²) in [6, 6.07) is 12.4. The number of carbonyl (C=O) groups is 3. The molecule has 0 spiro atoms. The number of nitro benzene ring substituents is 1. The van der Waals surface area contributed by atoms with Gasteiger partial charge in [0.15, 0.2) is 17.5 Å². The van der Waals surface area contributed by atoms with Crippen LogP contribution in [0.5, 0.6) is 0 Å². The Bertz CT molecular complexity index is 1520. The molecule has 0 aliphatic carbocycles. The van der Waals surface area contributed by atoms with Crippen molar-refractivity contribution < 1.29 is 32.5 Å². The molecule has 38 heavy (non-hydrogen) atoms. The maximum absolute atomic E-state index is 13.8. The Hall–Kier alpha value is -3.81. The Balaban J connectivity index is 1.50. The number of anilines is 1. The number of carbonyl (C=O) groups excluding carboxylic acids is 3. The zero-order valence-corrected chi connectivity index (χ0v) is 21.1. The summed E-state index contributed by atoms with van der Waals surface area (Å²) in [6.07, 6.45) is 1.27. The van der Waals surface area contributed by atoms with E-state index in [1.54, 1.807) is 24.3 Å². The predicted molar refractivity (Wildman–Crippen MR) is 136 cm³/mol. The van der Waals surface area contributed by atoms with Gasteiger partial charge in [0.05, 0.1) is 20.4 Å². The lowest BCUT2D eigenvalue weighted by atomic mass is 10.2. The van der Waals surface area contributed by atoms with Gasteiger partial charge in [-0.15, -0.1) is 0 Å². The van der Waals surface area contributed by atoms with Crippen molar-refractivity contribution in [2.75, 3.05) is 11.9 Å². The van der Waals surface area contributed by atoms with Crippen molar-refractivity contribution >= 4 is 69.6 Å². The molecule has 0 bridgehead atoms. The molecule has 3 aromatic rings. The highest BCUT2D eigenvalue weighted by Crippen LogP contribution is 2.37. The van der Waals surface area contributed by atoms with Crippen LogP contribution in [0, 0.1) is 27.6 Å². The number of nitrogens with one attached hydrogen (secondary N) is 1. The summed E-state index contributed by atoms with van der Waals surface area (Å²) in [6.45, 7) is -0.822. The molecular formula is C24H13ClF3N3O5S2. The van der Waals surface area contributed by atoms with Crippen LogP contribution in [-0.4, -0.2) is 33.4 Å². The van der Waals surface area contributed by atoms with E-state index < -0.39 is 51.7 Å². The number of hydrogen-bond donors (Lipinski definition) is 1. The van der Waals surface area contributed by atoms with Crippen molar-refractivity contribution in [3.05, 3.63) is 97.7 Å². The lowest BCUT2D eigenvalue weighted by Crippen LogP contribution is -2.36. The highest BCUT2D eigenvalue weighted by Gasteiger charge is 2.36. The summed E-state index contributed by atoms with van der Waals surface area (Å²) in [5.41, 5.74) is -0.637. The highest BCUT2D eigenvalue weighted by molar-refractivity contribution is 8.18. The van der Waals surface area contributed by atoms with Crippen molar-refractivity contribution in [1.29, 1.82) is 0 Å². The van der Waals surface area contributed by atoms with E-state index in [1.165, 1.54) is 24.3 Å². The number of amides is 3. The van der Waals surface area contributed by atoms with Crippen LogP contribution in [-0.2, 0) is 9.59 Å². The fourth-order valence-corrected chi connectivity index (χ4v) is 5.09. The first-order chi connectivity index (χ1) is 18.0. The topological polar surface area (TPSA) is 110 Å². The number of nitro groups is 1. The third-order valence-corrected chi connectivity index (χ3v) is 7.24. The molecule has 1 N–H and O–H groups in total. The zero-order chi connectivity index (χ0) is 27.6. The van der Waals surface area contributed by atoms with Crippen LogP contribution in [0.4, 0.5) is 29.3 Å². The second-order valence-corrected chi connectivity index (χ2v) is 10.1. The number of thioether (sulfide) groups is 1. The zero-order valence-electron chi connectivity index (χ0n) is 18.7. The molecule has 0 unspecified atom stereocenters. The summed E-state index contributed by atoms with van der Waals surface area (Å²) in [5.74, 6) is -6.76. The highest BCUT2D eigenvalue weighted by atomic mass is 35.5. The van der Waals surface area contributed by atoms with Crippen LogP contribution in [0.15, 0.2) is 69.3 Å². The summed E-state index contributed by atoms with van der Waals surface area (Å²) in [5, 5.41) is 13.3. The second-order valence-electron chi connectivity index (χ2n) is 7.58. The smallest absolute Gasteiger partial charge is 0.294 e. The Morgan fingerprint density at radius 3 is 2.47 bits per heavy atom. The summed E-state index contributed by atoms with van der Waals surface area (Å²) < 4.78 is 40.3. The molecule has 0 radical (unpaired) electrons. The largest absolute Gasteiger partial charge is 0.322 e. The maximum atomic E-state index is 13.8. The van der Waals surface area contributed by atoms with Gasteiger partial charge in [-0.1, -0.05) is 29.4 Å². The van der Waals surface area contributed by atoms with Gasteiger partial charge in [0.25, 0.3) is 16.8 Å². The fourth-order valence-electron chi connectivity index (χ4n) is 3.23. The minimum Gasteiger partial charge on any atom is -0.322 e. The number of halogens is 4. The molecule has 1 aliphatic heterocycles. The van der Waals surface area contributed by atoms with E-state index in [2.05, 4.69) is 0 Å². The summed E-state index contributed by atoms with van der Waals surface area (Å²) >= 11 is 7.51. The van der Waals surface area contributed by atoms with Crippen LogP contribution in [0.3, 0.4) is 0 Å². The molecule has 1 heterocycles. The van der Waals surface area contributed by atoms with E-state index in [1.807, 2.05) is 5.32 Å². The van der Waals surface area contributed by atoms with Crippen LogP contribution in [0.2, 0.25) is 5.02 Å². The summed E-state index contributed by atoms with van der Waals surface area (Å²) in [4.78, 5) is 49.9. The molecule has 0 saturated carbocycles. The molecule has 0 aromatic heterocycles. The number of benzene rings is 3. The first-order valence-corrected chi connectivity index (χ1v) is 12.4. The number of rotatable bonds is 7. The Labute approximate surface area is 226 Å². The van der Waals surface area contributed by atoms with Gasteiger partial charge in [-0.2, -0.15) is 0 Å². The van der Waals surface area contributed by atoms with Crippen molar-refractivity contribution in [3.63, 3.8) is 0 Å². The van der Waals surface area contributed by atoms with Gasteiger partial charge in [0, 0.05) is 16.0 Å². The summed E-state index contributed by atoms with van der Waals surface area (Å²) in [7, 11) is 0. The van der Waals surface area contributed by atoms with Crippen molar-refractivity contribution in [2.45, 2.75) is 9.79 Å². The molecule has 1 fully saturated rings. The second kappa shape index (κ2) is 11.3. The van der Waals surface area contributed by atoms with Gasteiger partial charge in [-0.3, -0.25) is 29.4 Å². The van der Waals surface area contributed by atoms with Gasteiger partial charge >= 0.3 is 0 Å². The first kappa shape index (κ1) is 27.2. The van der Waals surface area contributed by atoms with Crippen LogP contribution >= 0.6 is 35.1 Å². The van der Waals surface area contributed by atoms with Crippen LogP contribution in [0.25, 0.3) is 6.08 Å². The average Bonchev–Trinajstić information content (AvgIpc) is 3.13. The van der Waals surface area contributed by atoms with Crippen molar-refractivity contribution in [3.8, 4) is 0 Å². The SMILES string of the molecule is O=C(CN1C(=O)S/C(=C\c2ccc(Sc3ccc(Cl)cc3)c([N+](=O)[O-])c2)C1=O)Nc1ccc(F)c(F)c1F. The van der Waals surface area contributed by atoms with Gasteiger partial charge in [-0.25, -0.2) is 13.2 Å². The monoisotopic (exact) mass is 579 g/mol. The van der Waals surface area contributed by atoms with Gasteiger partial charge in [0.1, 0.15) is 6.54 Å². The molecule has 0 atom stereocenters. The lowest BCUT2D eigenvalue weighted by Gasteiger charge is -2.13. The average molecular weight is 580 g/mol. The third-order valence-electron chi connectivity index (χ3n) is 5.00. The predicted octanol–water partition coefficient (Wildman–Crippen LogP) is 6.49. The minimum atomic E-state index is -1.79. The van der Waals surface area contributed by atoms with E-state index in [0.717, 1.165) is 17.8 Å². The van der Waals surface area contributed by atoms with Crippen LogP contribution in [0.1, 0.15) is 5.56 Å². The van der Waals surface area contributed by atoms with E-state index in [9.17, 15) is 37.7 Å². The van der Waals surface area contributed by atoms with E-state index in [-0.39, 0.29) is 16.2 Å².